The van der Waals surface area contributed by atoms with Crippen molar-refractivity contribution in [3.05, 3.63) is 64.7 Å². The van der Waals surface area contributed by atoms with Crippen molar-refractivity contribution in [3.8, 4) is 5.75 Å². The van der Waals surface area contributed by atoms with Gasteiger partial charge in [0.2, 0.25) is 0 Å². The summed E-state index contributed by atoms with van der Waals surface area (Å²) in [7, 11) is 4.05. The molecule has 4 nitrogen and oxygen atoms in total. The number of nitrogens with zero attached hydrogens (tertiary/aromatic N) is 1. The number of rotatable bonds is 7. The smallest absolute Gasteiger partial charge is 0.251 e. The number of ether oxygens (including phenoxy) is 1. The molecule has 2 aromatic rings. The minimum Gasteiger partial charge on any atom is -0.492 e. The van der Waals surface area contributed by atoms with E-state index in [1.807, 2.05) is 44.4 Å². The van der Waals surface area contributed by atoms with E-state index < -0.39 is 0 Å². The highest BCUT2D eigenvalue weighted by molar-refractivity contribution is 5.94. The summed E-state index contributed by atoms with van der Waals surface area (Å²) in [6, 6.07) is 14.0. The molecule has 0 bridgehead atoms. The molecule has 0 fully saturated rings. The van der Waals surface area contributed by atoms with Crippen molar-refractivity contribution in [3.63, 3.8) is 0 Å². The van der Waals surface area contributed by atoms with Gasteiger partial charge in [0.15, 0.2) is 0 Å². The quantitative estimate of drug-likeness (QED) is 0.830. The van der Waals surface area contributed by atoms with Gasteiger partial charge >= 0.3 is 0 Å². The van der Waals surface area contributed by atoms with Gasteiger partial charge in [-0.3, -0.25) is 4.79 Å². The van der Waals surface area contributed by atoms with Crippen molar-refractivity contribution in [1.29, 1.82) is 0 Å². The maximum absolute atomic E-state index is 12.5. The number of carbonyl (C=O) groups is 1. The zero-order valence-corrected chi connectivity index (χ0v) is 15.8. The fourth-order valence-corrected chi connectivity index (χ4v) is 3.25. The molecule has 0 saturated heterocycles. The predicted molar refractivity (Wildman–Crippen MR) is 105 cm³/mol. The Morgan fingerprint density at radius 2 is 1.88 bits per heavy atom. The number of benzene rings is 2. The van der Waals surface area contributed by atoms with Gasteiger partial charge in [-0.1, -0.05) is 18.2 Å². The Kier molecular flexibility index (Phi) is 6.29. The van der Waals surface area contributed by atoms with Crippen molar-refractivity contribution >= 4 is 5.91 Å². The Hall–Kier alpha value is -2.33. The van der Waals surface area contributed by atoms with Gasteiger partial charge in [0.25, 0.3) is 5.91 Å². The molecule has 0 aromatic heterocycles. The van der Waals surface area contributed by atoms with Crippen LogP contribution >= 0.6 is 0 Å². The van der Waals surface area contributed by atoms with Crippen molar-refractivity contribution in [1.82, 2.24) is 10.2 Å². The van der Waals surface area contributed by atoms with E-state index in [-0.39, 0.29) is 5.91 Å². The highest BCUT2D eigenvalue weighted by Gasteiger charge is 2.12. The molecule has 0 heterocycles. The zero-order valence-electron chi connectivity index (χ0n) is 15.8. The fourth-order valence-electron chi connectivity index (χ4n) is 3.25. The van der Waals surface area contributed by atoms with E-state index in [4.69, 9.17) is 4.74 Å². The molecular formula is C22H28N2O2. The van der Waals surface area contributed by atoms with Crippen LogP contribution in [-0.2, 0) is 19.4 Å². The molecule has 1 aliphatic carbocycles. The lowest BCUT2D eigenvalue weighted by atomic mass is 9.90. The second-order valence-electron chi connectivity index (χ2n) is 7.17. The highest BCUT2D eigenvalue weighted by Crippen LogP contribution is 2.22. The molecule has 0 unspecified atom stereocenters. The number of nitrogens with one attached hydrogen (secondary N) is 1. The molecule has 3 rings (SSSR count). The Morgan fingerprint density at radius 1 is 1.08 bits per heavy atom. The summed E-state index contributed by atoms with van der Waals surface area (Å²) in [4.78, 5) is 14.6. The lowest BCUT2D eigenvalue weighted by Crippen LogP contribution is -2.23. The van der Waals surface area contributed by atoms with Gasteiger partial charge in [0.05, 0.1) is 0 Å². The second kappa shape index (κ2) is 8.86. The summed E-state index contributed by atoms with van der Waals surface area (Å²) in [5, 5.41) is 3.02. The minimum atomic E-state index is -0.0164. The molecule has 2 aromatic carbocycles. The molecule has 138 valence electrons. The topological polar surface area (TPSA) is 41.6 Å². The first-order valence-corrected chi connectivity index (χ1v) is 9.38. The van der Waals surface area contributed by atoms with Crippen LogP contribution in [0, 0.1) is 0 Å². The van der Waals surface area contributed by atoms with E-state index in [0.717, 1.165) is 36.3 Å². The molecule has 4 heteroatoms. The molecule has 0 saturated carbocycles. The third-order valence-electron chi connectivity index (χ3n) is 4.77. The molecule has 0 atom stereocenters. The predicted octanol–water partition coefficient (Wildman–Crippen LogP) is 3.44. The lowest BCUT2D eigenvalue weighted by Gasteiger charge is -2.16. The number of hydrogen-bond donors (Lipinski definition) is 1. The van der Waals surface area contributed by atoms with Crippen LogP contribution in [0.4, 0.5) is 0 Å². The first-order valence-electron chi connectivity index (χ1n) is 9.38. The summed E-state index contributed by atoms with van der Waals surface area (Å²) >= 11 is 0. The number of amides is 1. The van der Waals surface area contributed by atoms with Gasteiger partial charge in [-0.15, -0.1) is 0 Å². The standard InChI is InChI=1S/C22H28N2O2/c1-24(2)12-13-26-21-9-5-6-17(14-21)16-23-22(25)20-11-10-18-7-3-4-8-19(18)15-20/h5-6,9-11,14-15H,3-4,7-8,12-13,16H2,1-2H3,(H,23,25). The molecule has 0 spiro atoms. The largest absolute Gasteiger partial charge is 0.492 e. The summed E-state index contributed by atoms with van der Waals surface area (Å²) in [5.74, 6) is 0.824. The van der Waals surface area contributed by atoms with Gasteiger partial charge in [-0.25, -0.2) is 0 Å². The minimum absolute atomic E-state index is 0.0164. The van der Waals surface area contributed by atoms with Crippen LogP contribution in [0.5, 0.6) is 5.75 Å². The van der Waals surface area contributed by atoms with Crippen LogP contribution in [0.15, 0.2) is 42.5 Å². The van der Waals surface area contributed by atoms with E-state index in [1.54, 1.807) is 0 Å². The van der Waals surface area contributed by atoms with Gasteiger partial charge in [0, 0.05) is 18.7 Å². The van der Waals surface area contributed by atoms with Gasteiger partial charge in [-0.05, 0) is 80.7 Å². The molecule has 1 amide bonds. The van der Waals surface area contributed by atoms with Gasteiger partial charge in [0.1, 0.15) is 12.4 Å². The molecule has 1 N–H and O–H groups in total. The first kappa shape index (κ1) is 18.5. The normalized spacial score (nSPS) is 13.3. The number of carbonyl (C=O) groups excluding carboxylic acids is 1. The zero-order chi connectivity index (χ0) is 18.4. The highest BCUT2D eigenvalue weighted by atomic mass is 16.5. The summed E-state index contributed by atoms with van der Waals surface area (Å²) in [6.45, 7) is 2.03. The maximum Gasteiger partial charge on any atom is 0.251 e. The number of fused-ring (bicyclic) bond motifs is 1. The molecular weight excluding hydrogens is 324 g/mol. The van der Waals surface area contributed by atoms with E-state index >= 15 is 0 Å². The SMILES string of the molecule is CN(C)CCOc1cccc(CNC(=O)c2ccc3c(c2)CCCC3)c1. The Labute approximate surface area is 156 Å². The third-order valence-corrected chi connectivity index (χ3v) is 4.77. The Bertz CT molecular complexity index is 756. The van der Waals surface area contributed by atoms with Crippen LogP contribution in [0.2, 0.25) is 0 Å². The van der Waals surface area contributed by atoms with Crippen LogP contribution in [0.1, 0.15) is 39.9 Å². The molecule has 1 aliphatic rings. The third kappa shape index (κ3) is 5.09. The van der Waals surface area contributed by atoms with Crippen molar-refractivity contribution in [2.45, 2.75) is 32.2 Å². The molecule has 0 aliphatic heterocycles. The van der Waals surface area contributed by atoms with Crippen molar-refractivity contribution < 1.29 is 9.53 Å². The number of aryl methyl sites for hydroxylation is 2. The number of likely N-dealkylation sites (N-methyl/N-ethyl adjacent to an activating group) is 1. The second-order valence-corrected chi connectivity index (χ2v) is 7.17. The van der Waals surface area contributed by atoms with E-state index in [1.165, 1.54) is 24.0 Å². The van der Waals surface area contributed by atoms with Crippen LogP contribution in [0.25, 0.3) is 0 Å². The van der Waals surface area contributed by atoms with Crippen LogP contribution < -0.4 is 10.1 Å². The fraction of sp³-hybridized carbons (Fsp3) is 0.409. The Balaban J connectivity index is 1.56. The van der Waals surface area contributed by atoms with Crippen molar-refractivity contribution in [2.24, 2.45) is 0 Å². The summed E-state index contributed by atoms with van der Waals surface area (Å²) < 4.78 is 5.76. The van der Waals surface area contributed by atoms with E-state index in [9.17, 15) is 4.79 Å². The summed E-state index contributed by atoms with van der Waals surface area (Å²) in [6.07, 6.45) is 4.70. The average molecular weight is 352 g/mol. The van der Waals surface area contributed by atoms with Crippen LogP contribution in [0.3, 0.4) is 0 Å². The molecule has 26 heavy (non-hydrogen) atoms. The van der Waals surface area contributed by atoms with E-state index in [0.29, 0.717) is 13.2 Å². The van der Waals surface area contributed by atoms with E-state index in [2.05, 4.69) is 22.3 Å². The van der Waals surface area contributed by atoms with Gasteiger partial charge in [-0.2, -0.15) is 0 Å². The van der Waals surface area contributed by atoms with Gasteiger partial charge < -0.3 is 15.0 Å². The van der Waals surface area contributed by atoms with Crippen LogP contribution in [-0.4, -0.2) is 38.1 Å². The maximum atomic E-state index is 12.5. The average Bonchev–Trinajstić information content (AvgIpc) is 2.66. The van der Waals surface area contributed by atoms with Crippen molar-refractivity contribution in [2.75, 3.05) is 27.2 Å². The number of hydrogen-bond acceptors (Lipinski definition) is 3. The first-order chi connectivity index (χ1) is 12.6. The monoisotopic (exact) mass is 352 g/mol. The molecule has 0 radical (unpaired) electrons. The Morgan fingerprint density at radius 3 is 2.69 bits per heavy atom. The summed E-state index contributed by atoms with van der Waals surface area (Å²) in [5.41, 5.74) is 4.53. The lowest BCUT2D eigenvalue weighted by molar-refractivity contribution is 0.0950.